The zero-order chi connectivity index (χ0) is 15.5. The molecule has 0 atom stereocenters. The molecule has 0 aromatic heterocycles. The second-order valence-corrected chi connectivity index (χ2v) is 8.07. The van der Waals surface area contributed by atoms with Crippen molar-refractivity contribution in [1.29, 1.82) is 0 Å². The minimum Gasteiger partial charge on any atom is -0.398 e. The predicted molar refractivity (Wildman–Crippen MR) is 65.0 cm³/mol. The van der Waals surface area contributed by atoms with Crippen LogP contribution in [-0.2, 0) is 15.3 Å². The Balaban J connectivity index is 3.11. The van der Waals surface area contributed by atoms with E-state index in [0.717, 1.165) is 0 Å². The van der Waals surface area contributed by atoms with Gasteiger partial charge < -0.3 is 8.85 Å². The van der Waals surface area contributed by atoms with Crippen LogP contribution in [0, 0.1) is 29.1 Å². The van der Waals surface area contributed by atoms with E-state index >= 15 is 0 Å². The van der Waals surface area contributed by atoms with E-state index in [1.54, 1.807) is 6.92 Å². The van der Waals surface area contributed by atoms with Gasteiger partial charge in [0.05, 0.1) is 0 Å². The largest absolute Gasteiger partial charge is 0.398 e. The Morgan fingerprint density at radius 3 is 1.55 bits per heavy atom. The van der Waals surface area contributed by atoms with Gasteiger partial charge >= 0.3 is 8.56 Å². The van der Waals surface area contributed by atoms with Gasteiger partial charge in [0.1, 0.15) is 0 Å². The summed E-state index contributed by atoms with van der Waals surface area (Å²) in [5.41, 5.74) is -0.833. The molecule has 8 heteroatoms. The fourth-order valence-corrected chi connectivity index (χ4v) is 4.07. The van der Waals surface area contributed by atoms with Crippen LogP contribution in [0.15, 0.2) is 0 Å². The fourth-order valence-electron chi connectivity index (χ4n) is 1.94. The predicted octanol–water partition coefficient (Wildman–Crippen LogP) is 3.68. The van der Waals surface area contributed by atoms with E-state index in [1.807, 2.05) is 0 Å². The molecule has 1 aromatic rings. The van der Waals surface area contributed by atoms with Crippen molar-refractivity contribution < 1.29 is 30.8 Å². The van der Waals surface area contributed by atoms with Crippen LogP contribution in [0.1, 0.15) is 12.5 Å². The Labute approximate surface area is 114 Å². The summed E-state index contributed by atoms with van der Waals surface area (Å²) in [4.78, 5) is 0. The molecule has 0 saturated heterocycles. The van der Waals surface area contributed by atoms with Crippen molar-refractivity contribution in [3.63, 3.8) is 0 Å². The Morgan fingerprint density at radius 1 is 0.800 bits per heavy atom. The van der Waals surface area contributed by atoms with E-state index in [4.69, 9.17) is 8.85 Å². The lowest BCUT2D eigenvalue weighted by atomic mass is 10.1. The van der Waals surface area contributed by atoms with E-state index in [9.17, 15) is 22.0 Å². The van der Waals surface area contributed by atoms with Crippen LogP contribution in [0.25, 0.3) is 0 Å². The number of hydrogen-bond acceptors (Lipinski definition) is 2. The van der Waals surface area contributed by atoms with Crippen molar-refractivity contribution in [2.45, 2.75) is 25.4 Å². The van der Waals surface area contributed by atoms with Gasteiger partial charge in [-0.1, -0.05) is 6.92 Å². The monoisotopic (exact) mass is 314 g/mol. The second kappa shape index (κ2) is 6.64. The molecule has 1 aromatic carbocycles. The van der Waals surface area contributed by atoms with Crippen LogP contribution in [0.4, 0.5) is 22.0 Å². The lowest BCUT2D eigenvalue weighted by molar-refractivity contribution is 0.242. The molecular weight excluding hydrogens is 299 g/mol. The maximum atomic E-state index is 13.5. The van der Waals surface area contributed by atoms with Gasteiger partial charge in [-0.15, -0.1) is 0 Å². The van der Waals surface area contributed by atoms with Gasteiger partial charge in [-0.25, -0.2) is 22.0 Å². The molecule has 0 fully saturated rings. The Hall–Kier alpha value is -0.993. The topological polar surface area (TPSA) is 18.5 Å². The lowest BCUT2D eigenvalue weighted by Crippen LogP contribution is -2.39. The van der Waals surface area contributed by atoms with E-state index in [1.165, 1.54) is 14.2 Å². The first-order valence-corrected chi connectivity index (χ1v) is 8.17. The van der Waals surface area contributed by atoms with Gasteiger partial charge in [0.15, 0.2) is 23.3 Å². The summed E-state index contributed by atoms with van der Waals surface area (Å²) in [7, 11) is 0.135. The molecule has 0 aliphatic rings. The first kappa shape index (κ1) is 17.1. The van der Waals surface area contributed by atoms with Gasteiger partial charge in [-0.2, -0.15) is 0 Å². The van der Waals surface area contributed by atoms with Crippen molar-refractivity contribution in [3.05, 3.63) is 34.6 Å². The van der Waals surface area contributed by atoms with Crippen LogP contribution in [-0.4, -0.2) is 22.8 Å². The minimum absolute atomic E-state index is 0.0921. The van der Waals surface area contributed by atoms with Crippen molar-refractivity contribution >= 4 is 8.56 Å². The molecule has 0 bridgehead atoms. The van der Waals surface area contributed by atoms with E-state index in [2.05, 4.69) is 0 Å². The summed E-state index contributed by atoms with van der Waals surface area (Å²) < 4.78 is 76.5. The van der Waals surface area contributed by atoms with Crippen LogP contribution >= 0.6 is 0 Å². The normalized spacial score (nSPS) is 12.0. The van der Waals surface area contributed by atoms with E-state index in [0.29, 0.717) is 6.04 Å². The smallest absolute Gasteiger partial charge is 0.337 e. The summed E-state index contributed by atoms with van der Waals surface area (Å²) in [6.45, 7) is 1.78. The highest BCUT2D eigenvalue weighted by atomic mass is 28.4. The minimum atomic E-state index is -2.67. The van der Waals surface area contributed by atoms with Crippen molar-refractivity contribution in [2.24, 2.45) is 0 Å². The standard InChI is InChI=1S/C12H15F5O2Si/c1-4-20(18-2,19-3)6-5-7-8(13)10(15)12(17)11(16)9(7)14/h4-6H2,1-3H3. The molecule has 0 N–H and O–H groups in total. The second-order valence-electron chi connectivity index (χ2n) is 4.22. The van der Waals surface area contributed by atoms with Crippen LogP contribution in [0.5, 0.6) is 0 Å². The summed E-state index contributed by atoms with van der Waals surface area (Å²) >= 11 is 0. The maximum absolute atomic E-state index is 13.5. The van der Waals surface area contributed by atoms with Crippen molar-refractivity contribution in [2.75, 3.05) is 14.2 Å². The van der Waals surface area contributed by atoms with Crippen molar-refractivity contribution in [1.82, 2.24) is 0 Å². The number of hydrogen-bond donors (Lipinski definition) is 0. The quantitative estimate of drug-likeness (QED) is 0.345. The number of halogens is 5. The zero-order valence-electron chi connectivity index (χ0n) is 11.3. The average Bonchev–Trinajstić information content (AvgIpc) is 2.47. The molecule has 2 nitrogen and oxygen atoms in total. The molecule has 0 heterocycles. The Bertz CT molecular complexity index is 454. The highest BCUT2D eigenvalue weighted by Crippen LogP contribution is 2.27. The van der Waals surface area contributed by atoms with Gasteiger partial charge in [0, 0.05) is 19.8 Å². The summed E-state index contributed by atoms with van der Waals surface area (Å²) in [5, 5.41) is 0. The molecule has 20 heavy (non-hydrogen) atoms. The molecule has 0 radical (unpaired) electrons. The summed E-state index contributed by atoms with van der Waals surface area (Å²) in [5.74, 6) is -9.61. The van der Waals surface area contributed by atoms with Gasteiger partial charge in [-0.3, -0.25) is 0 Å². The Kier molecular flexibility index (Phi) is 5.66. The third-order valence-corrected chi connectivity index (χ3v) is 6.92. The Morgan fingerprint density at radius 2 is 1.20 bits per heavy atom. The lowest BCUT2D eigenvalue weighted by Gasteiger charge is -2.26. The highest BCUT2D eigenvalue weighted by molar-refractivity contribution is 6.67. The molecule has 114 valence electrons. The molecule has 0 amide bonds. The first-order chi connectivity index (χ1) is 9.33. The van der Waals surface area contributed by atoms with E-state index < -0.39 is 43.2 Å². The molecule has 0 spiro atoms. The molecular formula is C12H15F5O2Si. The van der Waals surface area contributed by atoms with Crippen LogP contribution in [0.3, 0.4) is 0 Å². The van der Waals surface area contributed by atoms with Gasteiger partial charge in [0.25, 0.3) is 0 Å². The van der Waals surface area contributed by atoms with Gasteiger partial charge in [0.2, 0.25) is 5.82 Å². The zero-order valence-corrected chi connectivity index (χ0v) is 12.3. The third kappa shape index (κ3) is 3.02. The number of benzene rings is 1. The van der Waals surface area contributed by atoms with E-state index in [-0.39, 0.29) is 12.5 Å². The first-order valence-electron chi connectivity index (χ1n) is 5.94. The molecule has 1 rings (SSSR count). The number of rotatable bonds is 6. The fraction of sp³-hybridized carbons (Fsp3) is 0.500. The summed E-state index contributed by atoms with van der Waals surface area (Å²) in [6, 6.07) is 0.588. The maximum Gasteiger partial charge on any atom is 0.337 e. The van der Waals surface area contributed by atoms with Gasteiger partial charge in [-0.05, 0) is 18.5 Å². The van der Waals surface area contributed by atoms with Crippen LogP contribution in [0.2, 0.25) is 12.1 Å². The molecule has 0 aliphatic carbocycles. The molecule has 0 aliphatic heterocycles. The average molecular weight is 314 g/mol. The SMILES string of the molecule is CC[Si](CCc1c(F)c(F)c(F)c(F)c1F)(OC)OC. The third-order valence-electron chi connectivity index (χ3n) is 3.34. The van der Waals surface area contributed by atoms with Crippen LogP contribution < -0.4 is 0 Å². The summed E-state index contributed by atoms with van der Waals surface area (Å²) in [6.07, 6.45) is -0.340. The highest BCUT2D eigenvalue weighted by Gasteiger charge is 2.35. The molecule has 0 unspecified atom stereocenters. The van der Waals surface area contributed by atoms with Crippen molar-refractivity contribution in [3.8, 4) is 0 Å². The molecule has 0 saturated carbocycles.